The molecule has 4 rings (SSSR count). The number of aromatic nitrogens is 4. The molecular formula is C19H20N6O4. The number of anilines is 1. The Kier molecular flexibility index (Phi) is 4.98. The number of methoxy groups -OCH3 is 1. The van der Waals surface area contributed by atoms with E-state index in [0.29, 0.717) is 23.8 Å². The topological polar surface area (TPSA) is 115 Å². The molecule has 29 heavy (non-hydrogen) atoms. The van der Waals surface area contributed by atoms with Gasteiger partial charge in [-0.3, -0.25) is 14.3 Å². The van der Waals surface area contributed by atoms with Gasteiger partial charge in [-0.05, 0) is 12.1 Å². The molecule has 1 N–H and O–H groups in total. The SMILES string of the molecule is COc1cccc(N2C[C@@H](C(=O)NCc3nc(-c4cnn(C)c4)no3)CC2=O)c1. The van der Waals surface area contributed by atoms with E-state index >= 15 is 0 Å². The van der Waals surface area contributed by atoms with Crippen molar-refractivity contribution in [3.8, 4) is 17.1 Å². The number of benzene rings is 1. The van der Waals surface area contributed by atoms with Crippen LogP contribution in [-0.2, 0) is 23.2 Å². The first-order chi connectivity index (χ1) is 14.0. The molecule has 0 saturated carbocycles. The summed E-state index contributed by atoms with van der Waals surface area (Å²) in [5.74, 6) is 0.562. The molecule has 150 valence electrons. The number of nitrogens with zero attached hydrogens (tertiary/aromatic N) is 5. The minimum Gasteiger partial charge on any atom is -0.497 e. The van der Waals surface area contributed by atoms with Gasteiger partial charge in [0, 0.05) is 38.0 Å². The monoisotopic (exact) mass is 396 g/mol. The van der Waals surface area contributed by atoms with Gasteiger partial charge < -0.3 is 19.5 Å². The number of carbonyl (C=O) groups excluding carboxylic acids is 2. The Labute approximate surface area is 166 Å². The Morgan fingerprint density at radius 2 is 2.28 bits per heavy atom. The summed E-state index contributed by atoms with van der Waals surface area (Å²) in [5, 5.41) is 10.7. The van der Waals surface area contributed by atoms with Crippen LogP contribution in [0.25, 0.3) is 11.4 Å². The summed E-state index contributed by atoms with van der Waals surface area (Å²) in [7, 11) is 3.36. The van der Waals surface area contributed by atoms with Crippen LogP contribution in [0.3, 0.4) is 0 Å². The Hall–Kier alpha value is -3.69. The first-order valence-electron chi connectivity index (χ1n) is 9.07. The molecule has 0 aliphatic carbocycles. The highest BCUT2D eigenvalue weighted by molar-refractivity contribution is 6.00. The lowest BCUT2D eigenvalue weighted by Crippen LogP contribution is -2.32. The van der Waals surface area contributed by atoms with Crippen LogP contribution < -0.4 is 15.0 Å². The van der Waals surface area contributed by atoms with Crippen LogP contribution in [0.1, 0.15) is 12.3 Å². The van der Waals surface area contributed by atoms with Gasteiger partial charge in [-0.25, -0.2) is 0 Å². The molecule has 2 aromatic heterocycles. The molecule has 3 aromatic rings. The summed E-state index contributed by atoms with van der Waals surface area (Å²) >= 11 is 0. The van der Waals surface area contributed by atoms with E-state index in [1.807, 2.05) is 12.1 Å². The summed E-state index contributed by atoms with van der Waals surface area (Å²) in [6, 6.07) is 7.21. The Bertz CT molecular complexity index is 1040. The summed E-state index contributed by atoms with van der Waals surface area (Å²) in [5.41, 5.74) is 1.44. The third-order valence-electron chi connectivity index (χ3n) is 4.71. The summed E-state index contributed by atoms with van der Waals surface area (Å²) in [6.07, 6.45) is 3.54. The Morgan fingerprint density at radius 1 is 1.41 bits per heavy atom. The van der Waals surface area contributed by atoms with Gasteiger partial charge in [0.25, 0.3) is 0 Å². The van der Waals surface area contributed by atoms with Crippen molar-refractivity contribution in [3.63, 3.8) is 0 Å². The summed E-state index contributed by atoms with van der Waals surface area (Å²) in [6.45, 7) is 0.401. The van der Waals surface area contributed by atoms with Crippen molar-refractivity contribution < 1.29 is 18.8 Å². The number of hydrogen-bond acceptors (Lipinski definition) is 7. The van der Waals surface area contributed by atoms with Crippen LogP contribution in [0.15, 0.2) is 41.2 Å². The molecule has 10 nitrogen and oxygen atoms in total. The second kappa shape index (κ2) is 7.74. The fraction of sp³-hybridized carbons (Fsp3) is 0.316. The highest BCUT2D eigenvalue weighted by Gasteiger charge is 2.35. The van der Waals surface area contributed by atoms with E-state index in [1.54, 1.807) is 48.3 Å². The number of carbonyl (C=O) groups is 2. The molecule has 0 unspecified atom stereocenters. The minimum absolute atomic E-state index is 0.0932. The molecule has 1 fully saturated rings. The maximum atomic E-state index is 12.5. The smallest absolute Gasteiger partial charge is 0.246 e. The van der Waals surface area contributed by atoms with Crippen molar-refractivity contribution >= 4 is 17.5 Å². The molecule has 1 saturated heterocycles. The number of nitrogens with one attached hydrogen (secondary N) is 1. The van der Waals surface area contributed by atoms with Crippen molar-refractivity contribution in [3.05, 3.63) is 42.5 Å². The van der Waals surface area contributed by atoms with Crippen LogP contribution >= 0.6 is 0 Å². The van der Waals surface area contributed by atoms with E-state index in [1.165, 1.54) is 0 Å². The van der Waals surface area contributed by atoms with Gasteiger partial charge >= 0.3 is 0 Å². The lowest BCUT2D eigenvalue weighted by molar-refractivity contribution is -0.126. The molecule has 0 radical (unpaired) electrons. The average molecular weight is 396 g/mol. The summed E-state index contributed by atoms with van der Waals surface area (Å²) in [4.78, 5) is 30.8. The van der Waals surface area contributed by atoms with Crippen LogP contribution in [-0.4, -0.2) is 45.4 Å². The van der Waals surface area contributed by atoms with Gasteiger partial charge in [0.15, 0.2) is 0 Å². The third kappa shape index (κ3) is 3.96. The Morgan fingerprint density at radius 3 is 3.03 bits per heavy atom. The van der Waals surface area contributed by atoms with Gasteiger partial charge in [-0.2, -0.15) is 10.1 Å². The number of ether oxygens (including phenoxy) is 1. The molecule has 3 heterocycles. The lowest BCUT2D eigenvalue weighted by Gasteiger charge is -2.17. The number of rotatable bonds is 6. The zero-order valence-corrected chi connectivity index (χ0v) is 16.0. The first kappa shape index (κ1) is 18.7. The van der Waals surface area contributed by atoms with Crippen LogP contribution in [0.4, 0.5) is 5.69 Å². The Balaban J connectivity index is 1.36. The summed E-state index contributed by atoms with van der Waals surface area (Å²) < 4.78 is 12.0. The van der Waals surface area contributed by atoms with E-state index in [4.69, 9.17) is 9.26 Å². The molecular weight excluding hydrogens is 376 g/mol. The van der Waals surface area contributed by atoms with Crippen molar-refractivity contribution in [1.82, 2.24) is 25.2 Å². The highest BCUT2D eigenvalue weighted by atomic mass is 16.5. The van der Waals surface area contributed by atoms with Gasteiger partial charge in [0.2, 0.25) is 23.5 Å². The van der Waals surface area contributed by atoms with Crippen molar-refractivity contribution in [1.29, 1.82) is 0 Å². The zero-order chi connectivity index (χ0) is 20.4. The molecule has 1 atom stereocenters. The van der Waals surface area contributed by atoms with E-state index in [2.05, 4.69) is 20.6 Å². The van der Waals surface area contributed by atoms with Crippen molar-refractivity contribution in [2.75, 3.05) is 18.6 Å². The molecule has 0 spiro atoms. The van der Waals surface area contributed by atoms with E-state index in [0.717, 1.165) is 5.56 Å². The molecule has 2 amide bonds. The molecule has 1 aliphatic heterocycles. The lowest BCUT2D eigenvalue weighted by atomic mass is 10.1. The van der Waals surface area contributed by atoms with Crippen LogP contribution in [0.2, 0.25) is 0 Å². The maximum absolute atomic E-state index is 12.5. The van der Waals surface area contributed by atoms with Gasteiger partial charge in [0.1, 0.15) is 5.75 Å². The van der Waals surface area contributed by atoms with E-state index in [9.17, 15) is 9.59 Å². The first-order valence-corrected chi connectivity index (χ1v) is 9.07. The van der Waals surface area contributed by atoms with E-state index in [-0.39, 0.29) is 30.7 Å². The largest absolute Gasteiger partial charge is 0.497 e. The molecule has 1 aliphatic rings. The van der Waals surface area contributed by atoms with E-state index < -0.39 is 5.92 Å². The second-order valence-electron chi connectivity index (χ2n) is 6.74. The molecule has 10 heteroatoms. The maximum Gasteiger partial charge on any atom is 0.246 e. The predicted molar refractivity (Wildman–Crippen MR) is 102 cm³/mol. The normalized spacial score (nSPS) is 16.3. The number of amides is 2. The highest BCUT2D eigenvalue weighted by Crippen LogP contribution is 2.28. The second-order valence-corrected chi connectivity index (χ2v) is 6.74. The standard InChI is InChI=1S/C19H20N6O4/c1-24-10-13(8-21-24)18-22-16(29-23-18)9-20-19(27)12-6-17(26)25(11-12)14-4-3-5-15(7-14)28-2/h3-5,7-8,10,12H,6,9,11H2,1-2H3,(H,20,27)/t12-/m0/s1. The molecule has 0 bridgehead atoms. The van der Waals surface area contributed by atoms with Gasteiger partial charge in [-0.15, -0.1) is 0 Å². The van der Waals surface area contributed by atoms with Crippen LogP contribution in [0, 0.1) is 5.92 Å². The third-order valence-corrected chi connectivity index (χ3v) is 4.71. The number of aryl methyl sites for hydroxylation is 1. The number of hydrogen-bond donors (Lipinski definition) is 1. The predicted octanol–water partition coefficient (Wildman–Crippen LogP) is 1.15. The fourth-order valence-corrected chi connectivity index (χ4v) is 3.20. The van der Waals surface area contributed by atoms with Crippen LogP contribution in [0.5, 0.6) is 5.75 Å². The van der Waals surface area contributed by atoms with Gasteiger partial charge in [-0.1, -0.05) is 11.2 Å². The van der Waals surface area contributed by atoms with Crippen molar-refractivity contribution in [2.24, 2.45) is 13.0 Å². The fourth-order valence-electron chi connectivity index (χ4n) is 3.20. The minimum atomic E-state index is -0.450. The van der Waals surface area contributed by atoms with Gasteiger partial charge in [0.05, 0.1) is 31.3 Å². The zero-order valence-electron chi connectivity index (χ0n) is 16.0. The average Bonchev–Trinajstić information content (AvgIpc) is 3.46. The molecule has 1 aromatic carbocycles. The quantitative estimate of drug-likeness (QED) is 0.664. The van der Waals surface area contributed by atoms with Crippen molar-refractivity contribution in [2.45, 2.75) is 13.0 Å².